The Morgan fingerprint density at radius 3 is 3.00 bits per heavy atom. The first-order valence-electron chi connectivity index (χ1n) is 4.70. The van der Waals surface area contributed by atoms with E-state index >= 15 is 0 Å². The fourth-order valence-corrected chi connectivity index (χ4v) is 1.24. The monoisotopic (exact) mass is 218 g/mol. The van der Waals surface area contributed by atoms with Crippen molar-refractivity contribution in [1.82, 2.24) is 20.3 Å². The van der Waals surface area contributed by atoms with Crippen LogP contribution in [0.3, 0.4) is 0 Å². The highest BCUT2D eigenvalue weighted by molar-refractivity contribution is 5.93. The van der Waals surface area contributed by atoms with Crippen LogP contribution in [0.1, 0.15) is 16.1 Å². The lowest BCUT2D eigenvalue weighted by Gasteiger charge is -2.02. The van der Waals surface area contributed by atoms with Crippen molar-refractivity contribution in [3.8, 4) is 0 Å². The zero-order valence-electron chi connectivity index (χ0n) is 8.36. The van der Waals surface area contributed by atoms with Gasteiger partial charge < -0.3 is 15.3 Å². The molecule has 2 heterocycles. The number of imidazole rings is 1. The van der Waals surface area contributed by atoms with E-state index in [2.05, 4.69) is 20.3 Å². The Labute approximate surface area is 90.7 Å². The molecule has 2 aromatic rings. The molecule has 0 aromatic carbocycles. The van der Waals surface area contributed by atoms with Gasteiger partial charge in [0.25, 0.3) is 5.91 Å². The molecule has 6 heteroatoms. The predicted octanol–water partition coefficient (Wildman–Crippen LogP) is 0.0280. The summed E-state index contributed by atoms with van der Waals surface area (Å²) in [4.78, 5) is 31.7. The Morgan fingerprint density at radius 2 is 2.31 bits per heavy atom. The number of aromatic nitrogens is 3. The number of hydrogen-bond acceptors (Lipinski definition) is 3. The van der Waals surface area contributed by atoms with Crippen LogP contribution in [0.15, 0.2) is 35.6 Å². The highest BCUT2D eigenvalue weighted by Gasteiger charge is 2.05. The largest absolute Gasteiger partial charge is 0.347 e. The van der Waals surface area contributed by atoms with E-state index in [0.29, 0.717) is 12.1 Å². The summed E-state index contributed by atoms with van der Waals surface area (Å²) >= 11 is 0. The maximum Gasteiger partial charge on any atom is 0.251 e. The van der Waals surface area contributed by atoms with Gasteiger partial charge in [-0.2, -0.15) is 0 Å². The molecule has 0 saturated carbocycles. The van der Waals surface area contributed by atoms with E-state index in [-0.39, 0.29) is 11.5 Å². The molecule has 0 spiro atoms. The quantitative estimate of drug-likeness (QED) is 0.678. The number of rotatable bonds is 3. The molecule has 1 amide bonds. The fourth-order valence-electron chi connectivity index (χ4n) is 1.24. The normalized spacial score (nSPS) is 10.0. The van der Waals surface area contributed by atoms with Crippen LogP contribution < -0.4 is 10.9 Å². The number of carbonyl (C=O) groups is 1. The molecule has 0 fully saturated rings. The second-order valence-electron chi connectivity index (χ2n) is 3.20. The standard InChI is InChI=1S/C10H10N4O2/c15-9-3-7(1-2-12-9)10(16)13-5-8-4-11-6-14-8/h1-4,6H,5H2,(H,11,14)(H,12,15)(H,13,16). The maximum absolute atomic E-state index is 11.6. The second kappa shape index (κ2) is 4.43. The van der Waals surface area contributed by atoms with Gasteiger partial charge in [-0.05, 0) is 6.07 Å². The van der Waals surface area contributed by atoms with E-state index in [9.17, 15) is 9.59 Å². The first kappa shape index (κ1) is 10.2. The van der Waals surface area contributed by atoms with Crippen LogP contribution >= 0.6 is 0 Å². The topological polar surface area (TPSA) is 90.6 Å². The van der Waals surface area contributed by atoms with Crippen LogP contribution in [0, 0.1) is 0 Å². The molecule has 2 aromatic heterocycles. The van der Waals surface area contributed by atoms with Gasteiger partial charge in [0.05, 0.1) is 18.6 Å². The van der Waals surface area contributed by atoms with Gasteiger partial charge in [0, 0.05) is 24.0 Å². The van der Waals surface area contributed by atoms with Gasteiger partial charge in [-0.25, -0.2) is 4.98 Å². The molecule has 0 aliphatic rings. The third-order valence-electron chi connectivity index (χ3n) is 2.03. The number of nitrogens with one attached hydrogen (secondary N) is 3. The number of aromatic amines is 2. The van der Waals surface area contributed by atoms with Gasteiger partial charge in [0.2, 0.25) is 5.56 Å². The minimum atomic E-state index is -0.297. The number of pyridine rings is 1. The molecule has 0 aliphatic carbocycles. The molecular formula is C10H10N4O2. The summed E-state index contributed by atoms with van der Waals surface area (Å²) in [6, 6.07) is 2.80. The molecule has 0 saturated heterocycles. The van der Waals surface area contributed by atoms with Crippen molar-refractivity contribution in [2.24, 2.45) is 0 Å². The second-order valence-corrected chi connectivity index (χ2v) is 3.20. The number of amides is 1. The van der Waals surface area contributed by atoms with Gasteiger partial charge in [-0.15, -0.1) is 0 Å². The van der Waals surface area contributed by atoms with E-state index in [0.717, 1.165) is 5.69 Å². The zero-order chi connectivity index (χ0) is 11.4. The number of H-pyrrole nitrogens is 2. The van der Waals surface area contributed by atoms with Crippen molar-refractivity contribution < 1.29 is 4.79 Å². The van der Waals surface area contributed by atoms with Gasteiger partial charge in [0.15, 0.2) is 0 Å². The van der Waals surface area contributed by atoms with E-state index in [1.54, 1.807) is 12.3 Å². The Balaban J connectivity index is 2.01. The van der Waals surface area contributed by atoms with Crippen LogP contribution in [-0.4, -0.2) is 20.9 Å². The minimum Gasteiger partial charge on any atom is -0.347 e. The molecule has 0 radical (unpaired) electrons. The Hall–Kier alpha value is -2.37. The lowest BCUT2D eigenvalue weighted by Crippen LogP contribution is -2.24. The van der Waals surface area contributed by atoms with Crippen molar-refractivity contribution in [2.75, 3.05) is 0 Å². The van der Waals surface area contributed by atoms with Crippen molar-refractivity contribution >= 4 is 5.91 Å². The predicted molar refractivity (Wildman–Crippen MR) is 56.8 cm³/mol. The zero-order valence-corrected chi connectivity index (χ0v) is 8.36. The first-order chi connectivity index (χ1) is 7.75. The van der Waals surface area contributed by atoms with Crippen molar-refractivity contribution in [3.63, 3.8) is 0 Å². The molecule has 0 aliphatic heterocycles. The van der Waals surface area contributed by atoms with E-state index < -0.39 is 0 Å². The lowest BCUT2D eigenvalue weighted by molar-refractivity contribution is 0.0950. The molecule has 82 valence electrons. The summed E-state index contributed by atoms with van der Waals surface area (Å²) in [6.07, 6.45) is 4.60. The van der Waals surface area contributed by atoms with E-state index in [1.165, 1.54) is 18.6 Å². The smallest absolute Gasteiger partial charge is 0.251 e. The van der Waals surface area contributed by atoms with Gasteiger partial charge in [-0.3, -0.25) is 9.59 Å². The van der Waals surface area contributed by atoms with E-state index in [1.807, 2.05) is 0 Å². The average molecular weight is 218 g/mol. The van der Waals surface area contributed by atoms with Crippen molar-refractivity contribution in [2.45, 2.75) is 6.54 Å². The first-order valence-corrected chi connectivity index (χ1v) is 4.70. The van der Waals surface area contributed by atoms with Crippen LogP contribution in [0.4, 0.5) is 0 Å². The minimum absolute atomic E-state index is 0.291. The van der Waals surface area contributed by atoms with Crippen LogP contribution in [-0.2, 0) is 6.54 Å². The SMILES string of the molecule is O=C(NCc1cnc[nH]1)c1cc[nH]c(=O)c1. The van der Waals surface area contributed by atoms with Crippen molar-refractivity contribution in [1.29, 1.82) is 0 Å². The summed E-state index contributed by atoms with van der Waals surface area (Å²) in [6.45, 7) is 0.353. The van der Waals surface area contributed by atoms with Gasteiger partial charge in [0.1, 0.15) is 0 Å². The summed E-state index contributed by atoms with van der Waals surface area (Å²) in [5, 5.41) is 2.67. The van der Waals surface area contributed by atoms with Crippen LogP contribution in [0.2, 0.25) is 0 Å². The summed E-state index contributed by atoms with van der Waals surface area (Å²) in [5.41, 5.74) is 0.843. The molecule has 2 rings (SSSR count). The highest BCUT2D eigenvalue weighted by Crippen LogP contribution is 1.95. The average Bonchev–Trinajstić information content (AvgIpc) is 2.78. The molecule has 16 heavy (non-hydrogen) atoms. The molecule has 0 unspecified atom stereocenters. The van der Waals surface area contributed by atoms with Gasteiger partial charge in [-0.1, -0.05) is 0 Å². The third-order valence-corrected chi connectivity index (χ3v) is 2.03. The summed E-state index contributed by atoms with van der Waals surface area (Å²) < 4.78 is 0. The highest BCUT2D eigenvalue weighted by atomic mass is 16.2. The molecular weight excluding hydrogens is 208 g/mol. The van der Waals surface area contributed by atoms with Gasteiger partial charge >= 0.3 is 0 Å². The van der Waals surface area contributed by atoms with Crippen LogP contribution in [0.25, 0.3) is 0 Å². The molecule has 3 N–H and O–H groups in total. The Morgan fingerprint density at radius 1 is 1.44 bits per heavy atom. The number of carbonyl (C=O) groups excluding carboxylic acids is 1. The Bertz CT molecular complexity index is 530. The summed E-state index contributed by atoms with van der Waals surface area (Å²) in [7, 11) is 0. The third kappa shape index (κ3) is 2.35. The van der Waals surface area contributed by atoms with Crippen molar-refractivity contribution in [3.05, 3.63) is 52.5 Å². The molecule has 0 atom stereocenters. The van der Waals surface area contributed by atoms with Crippen LogP contribution in [0.5, 0.6) is 0 Å². The number of hydrogen-bond donors (Lipinski definition) is 3. The number of nitrogens with zero attached hydrogens (tertiary/aromatic N) is 1. The molecule has 0 bridgehead atoms. The molecule has 6 nitrogen and oxygen atoms in total. The maximum atomic E-state index is 11.6. The Kier molecular flexibility index (Phi) is 2.81. The fraction of sp³-hybridized carbons (Fsp3) is 0.100. The lowest BCUT2D eigenvalue weighted by atomic mass is 10.2. The summed E-state index contributed by atoms with van der Waals surface area (Å²) in [5.74, 6) is -0.291. The van der Waals surface area contributed by atoms with E-state index in [4.69, 9.17) is 0 Å².